The topological polar surface area (TPSA) is 209 Å². The maximum absolute atomic E-state index is 18.0. The van der Waals surface area contributed by atoms with E-state index < -0.39 is 117 Å². The second kappa shape index (κ2) is 23.7. The highest BCUT2D eigenvalue weighted by atomic mass is 32.2. The maximum Gasteiger partial charge on any atom is 0.305 e. The van der Waals surface area contributed by atoms with Crippen LogP contribution in [0.1, 0.15) is 123 Å². The number of carbonyl (C=O) groups is 6. The van der Waals surface area contributed by atoms with E-state index in [0.717, 1.165) is 36.0 Å². The van der Waals surface area contributed by atoms with Crippen LogP contribution in [0.5, 0.6) is 0 Å². The first-order valence-electron chi connectivity index (χ1n) is 25.9. The van der Waals surface area contributed by atoms with Crippen LogP contribution in [0.4, 0.5) is 18.9 Å². The van der Waals surface area contributed by atoms with Crippen LogP contribution in [-0.2, 0) is 44.7 Å². The largest absolute Gasteiger partial charge is 0.481 e. The number of rotatable bonds is 21. The first kappa shape index (κ1) is 57.7. The minimum atomic E-state index is -2.26. The lowest BCUT2D eigenvalue weighted by Gasteiger charge is -2.63. The standard InChI is InChI=1S/C56H71F3N4O10S2/c1-8-10-12-31(3)75-43(28-47(66)67)50(70)60-22-20-46(65)61-32(4)48(68)62-33(5)49(69)63-38-14-11-13-36(24-38)23-35-15-17-37(18-16-35)51-72-45-27-39-40-26-42(58)41-25-34(9-2)19-21-53(41,6)55(40,59)44(64)29-54(39,7)56(45,73-51)52(71)74-30-57/h9,11,13-19,21,24-25,31-33,39-40,42-45,51,64H,8,10,12,20,22-23,26-30H2,1-7H3,(H,60,70)(H,61,65)(H,62,68)(H,63,69)(H,66,67)/b34-9+/t31?,32-,33-,39-,40-,42-,43?,44-,45+,51+,53-,54-,55-,56-/m0/s1. The Kier molecular flexibility index (Phi) is 18.3. The number of benzene rings is 2. The van der Waals surface area contributed by atoms with E-state index in [1.54, 1.807) is 62.4 Å². The van der Waals surface area contributed by atoms with E-state index in [1.807, 2.05) is 38.1 Å². The van der Waals surface area contributed by atoms with Gasteiger partial charge in [-0.1, -0.05) is 106 Å². The molecule has 5 aliphatic rings. The van der Waals surface area contributed by atoms with Crippen molar-refractivity contribution in [1.29, 1.82) is 0 Å². The minimum absolute atomic E-state index is 0.0566. The molecular weight excluding hydrogens is 1010 g/mol. The van der Waals surface area contributed by atoms with Crippen molar-refractivity contribution in [2.75, 3.05) is 17.9 Å². The highest BCUT2D eigenvalue weighted by Gasteiger charge is 2.80. The number of allylic oxidation sites excluding steroid dienone is 6. The van der Waals surface area contributed by atoms with Crippen LogP contribution in [0.15, 0.2) is 84.0 Å². The predicted octanol–water partition coefficient (Wildman–Crippen LogP) is 8.53. The van der Waals surface area contributed by atoms with Crippen LogP contribution in [-0.4, -0.2) is 110 Å². The molecular formula is C56H71F3N4O10S2. The van der Waals surface area contributed by atoms with Crippen molar-refractivity contribution < 1.29 is 61.6 Å². The number of unbranched alkanes of at least 4 members (excludes halogenated alkanes) is 1. The number of carboxylic acids is 1. The molecule has 2 aromatic rings. The van der Waals surface area contributed by atoms with Gasteiger partial charge in [-0.25, -0.2) is 13.2 Å². The third-order valence-corrected chi connectivity index (χ3v) is 18.4. The van der Waals surface area contributed by atoms with E-state index in [4.69, 9.17) is 9.47 Å². The molecule has 0 spiro atoms. The molecule has 2 aromatic carbocycles. The van der Waals surface area contributed by atoms with Gasteiger partial charge in [-0.05, 0) is 100 Å². The number of aliphatic carboxylic acids is 1. The van der Waals surface area contributed by atoms with Gasteiger partial charge in [-0.3, -0.25) is 28.8 Å². The molecule has 408 valence electrons. The van der Waals surface area contributed by atoms with Crippen molar-refractivity contribution in [3.63, 3.8) is 0 Å². The van der Waals surface area contributed by atoms with Gasteiger partial charge in [0, 0.05) is 46.2 Å². The number of thioether (sulfide) groups is 2. The van der Waals surface area contributed by atoms with E-state index in [9.17, 15) is 43.4 Å². The smallest absolute Gasteiger partial charge is 0.305 e. The quantitative estimate of drug-likeness (QED) is 0.0695. The summed E-state index contributed by atoms with van der Waals surface area (Å²) in [6.07, 6.45) is 4.35. The summed E-state index contributed by atoms with van der Waals surface area (Å²) < 4.78 is 61.6. The fraction of sp³-hybridized carbons (Fsp3) is 0.571. The summed E-state index contributed by atoms with van der Waals surface area (Å²) in [6.45, 7) is 12.1. The third-order valence-electron chi connectivity index (χ3n) is 16.3. The maximum atomic E-state index is 18.0. The zero-order valence-electron chi connectivity index (χ0n) is 43.6. The molecule has 75 heavy (non-hydrogen) atoms. The summed E-state index contributed by atoms with van der Waals surface area (Å²) in [4.78, 5) is 77.3. The number of nitrogens with one attached hydrogen (secondary N) is 4. The normalized spacial score (nSPS) is 31.6. The molecule has 1 heterocycles. The molecule has 4 aliphatic carbocycles. The molecule has 1 aliphatic heterocycles. The van der Waals surface area contributed by atoms with Crippen LogP contribution >= 0.6 is 23.5 Å². The van der Waals surface area contributed by atoms with Gasteiger partial charge in [0.15, 0.2) is 17.6 Å². The van der Waals surface area contributed by atoms with Crippen LogP contribution in [0.25, 0.3) is 0 Å². The average molecular weight is 1080 g/mol. The van der Waals surface area contributed by atoms with Crippen LogP contribution < -0.4 is 21.3 Å². The van der Waals surface area contributed by atoms with E-state index in [2.05, 4.69) is 28.2 Å². The number of ether oxygens (including phenoxy) is 2. The molecule has 0 aromatic heterocycles. The van der Waals surface area contributed by atoms with E-state index in [1.165, 1.54) is 25.6 Å². The number of hydrogen-bond acceptors (Lipinski definition) is 11. The molecule has 0 radical (unpaired) electrons. The van der Waals surface area contributed by atoms with Crippen LogP contribution in [0.2, 0.25) is 0 Å². The fourth-order valence-electron chi connectivity index (χ4n) is 12.3. The van der Waals surface area contributed by atoms with Crippen molar-refractivity contribution in [2.45, 2.75) is 165 Å². The number of amides is 4. The number of hydrogen-bond donors (Lipinski definition) is 6. The van der Waals surface area contributed by atoms with Gasteiger partial charge >= 0.3 is 5.97 Å². The third kappa shape index (κ3) is 11.5. The second-order valence-electron chi connectivity index (χ2n) is 21.2. The Balaban J connectivity index is 0.925. The van der Waals surface area contributed by atoms with E-state index in [-0.39, 0.29) is 49.5 Å². The molecule has 4 amide bonds. The first-order valence-corrected chi connectivity index (χ1v) is 27.9. The SMILES string of the molecule is C/C=C1\C=C[C@@]2(C)C(=C1)[C@@H](F)C[C@H]1[C@@H]3C[C@H]4O[C@@H](c5ccc(Cc6cccc(NC(=O)[C@H](C)NC(=O)[C@H](C)NC(=O)CCNC(=O)C(CC(=O)O)SC(C)CCCC)c6)cc5)O[C@@]4(C(=O)SCF)[C@@]3(C)C[C@H](O)[C@@]12F. The molecule has 7 rings (SSSR count). The summed E-state index contributed by atoms with van der Waals surface area (Å²) in [5.74, 6) is -4.83. The fourth-order valence-corrected chi connectivity index (χ4v) is 14.3. The van der Waals surface area contributed by atoms with Crippen molar-refractivity contribution in [2.24, 2.45) is 22.7 Å². The summed E-state index contributed by atoms with van der Waals surface area (Å²) in [6, 6.07) is 11.5. The molecule has 14 nitrogen and oxygen atoms in total. The number of fused-ring (bicyclic) bond motifs is 7. The Morgan fingerprint density at radius 3 is 2.35 bits per heavy atom. The molecule has 2 unspecified atom stereocenters. The van der Waals surface area contributed by atoms with Gasteiger partial charge in [0.05, 0.1) is 23.9 Å². The monoisotopic (exact) mass is 1080 g/mol. The first-order chi connectivity index (χ1) is 35.5. The molecule has 1 saturated heterocycles. The van der Waals surface area contributed by atoms with Crippen LogP contribution in [0.3, 0.4) is 0 Å². The zero-order chi connectivity index (χ0) is 54.6. The van der Waals surface area contributed by atoms with Gasteiger partial charge in [-0.15, -0.1) is 11.8 Å². The number of anilines is 1. The van der Waals surface area contributed by atoms with E-state index >= 15 is 8.78 Å². The summed E-state index contributed by atoms with van der Waals surface area (Å²) in [5.41, 5.74) is -2.87. The van der Waals surface area contributed by atoms with Crippen LogP contribution in [0, 0.1) is 22.7 Å². The number of halogens is 3. The van der Waals surface area contributed by atoms with Gasteiger partial charge < -0.3 is 41.0 Å². The highest BCUT2D eigenvalue weighted by Crippen LogP contribution is 2.73. The Morgan fingerprint density at radius 2 is 1.67 bits per heavy atom. The lowest BCUT2D eigenvalue weighted by Crippen LogP contribution is -2.70. The van der Waals surface area contributed by atoms with Gasteiger partial charge in [0.1, 0.15) is 24.3 Å². The molecule has 0 bridgehead atoms. The zero-order valence-corrected chi connectivity index (χ0v) is 45.2. The minimum Gasteiger partial charge on any atom is -0.481 e. The van der Waals surface area contributed by atoms with Crippen molar-refractivity contribution in [3.05, 3.63) is 101 Å². The lowest BCUT2D eigenvalue weighted by molar-refractivity contribution is -0.232. The number of aliphatic hydroxyl groups is 1. The highest BCUT2D eigenvalue weighted by molar-refractivity contribution is 8.13. The molecule has 14 atom stereocenters. The average Bonchev–Trinajstić information content (AvgIpc) is 3.93. The Hall–Kier alpha value is -4.95. The van der Waals surface area contributed by atoms with Gasteiger partial charge in [-0.2, -0.15) is 0 Å². The summed E-state index contributed by atoms with van der Waals surface area (Å²) in [5, 5.41) is 30.6. The Bertz CT molecular complexity index is 2590. The van der Waals surface area contributed by atoms with Crippen molar-refractivity contribution in [3.8, 4) is 0 Å². The number of carboxylic acid groups (broad SMARTS) is 1. The number of carbonyl (C=O) groups excluding carboxylic acids is 5. The van der Waals surface area contributed by atoms with Crippen molar-refractivity contribution in [1.82, 2.24) is 16.0 Å². The Labute approximate surface area is 445 Å². The summed E-state index contributed by atoms with van der Waals surface area (Å²) in [7, 11) is 0. The summed E-state index contributed by atoms with van der Waals surface area (Å²) >= 11 is 1.75. The molecule has 6 N–H and O–H groups in total. The molecule has 19 heteroatoms. The Morgan fingerprint density at radius 1 is 0.947 bits per heavy atom. The van der Waals surface area contributed by atoms with Gasteiger partial charge in [0.25, 0.3) is 0 Å². The molecule has 4 fully saturated rings. The predicted molar refractivity (Wildman–Crippen MR) is 283 cm³/mol. The second-order valence-corrected chi connectivity index (χ2v) is 23.7. The molecule has 3 saturated carbocycles. The number of alkyl halides is 3. The van der Waals surface area contributed by atoms with E-state index in [0.29, 0.717) is 29.4 Å². The van der Waals surface area contributed by atoms with Gasteiger partial charge in [0.2, 0.25) is 28.7 Å². The lowest BCUT2D eigenvalue weighted by atomic mass is 9.44. The number of aliphatic hydroxyl groups excluding tert-OH is 1. The van der Waals surface area contributed by atoms with Crippen molar-refractivity contribution >= 4 is 63.9 Å².